The summed E-state index contributed by atoms with van der Waals surface area (Å²) in [4.78, 5) is 12.4. The minimum Gasteiger partial charge on any atom is -0.355 e. The van der Waals surface area contributed by atoms with E-state index in [9.17, 15) is 4.79 Å². The van der Waals surface area contributed by atoms with Crippen molar-refractivity contribution in [1.29, 1.82) is 0 Å². The summed E-state index contributed by atoms with van der Waals surface area (Å²) in [7, 11) is 0. The van der Waals surface area contributed by atoms with Gasteiger partial charge >= 0.3 is 0 Å². The molecule has 0 fully saturated rings. The second-order valence-electron chi connectivity index (χ2n) is 6.62. The minimum atomic E-state index is -0.259. The fourth-order valence-electron chi connectivity index (χ4n) is 2.93. The SMILES string of the molecule is Cc1ccc(-n2nnnc2S[C@@H](C)C(=O)NCCC2=CCCCC2)cc1. The number of allylic oxidation sites excluding steroid dienone is 1. The lowest BCUT2D eigenvalue weighted by atomic mass is 9.97. The number of benzene rings is 1. The molecule has 0 saturated heterocycles. The van der Waals surface area contributed by atoms with Crippen molar-refractivity contribution in [2.24, 2.45) is 0 Å². The van der Waals surface area contributed by atoms with Crippen LogP contribution in [0.2, 0.25) is 0 Å². The van der Waals surface area contributed by atoms with Crippen molar-refractivity contribution in [3.8, 4) is 5.69 Å². The highest BCUT2D eigenvalue weighted by Crippen LogP contribution is 2.23. The van der Waals surface area contributed by atoms with Crippen molar-refractivity contribution in [3.05, 3.63) is 41.5 Å². The Labute approximate surface area is 158 Å². The Morgan fingerprint density at radius 1 is 1.31 bits per heavy atom. The number of rotatable bonds is 7. The van der Waals surface area contributed by atoms with Gasteiger partial charge in [0.15, 0.2) is 0 Å². The van der Waals surface area contributed by atoms with E-state index in [4.69, 9.17) is 0 Å². The fourth-order valence-corrected chi connectivity index (χ4v) is 3.77. The Kier molecular flexibility index (Phi) is 6.44. The highest BCUT2D eigenvalue weighted by atomic mass is 32.2. The Morgan fingerprint density at radius 3 is 2.85 bits per heavy atom. The predicted molar refractivity (Wildman–Crippen MR) is 103 cm³/mol. The smallest absolute Gasteiger partial charge is 0.233 e. The molecule has 0 spiro atoms. The van der Waals surface area contributed by atoms with Crippen LogP contribution in [-0.4, -0.2) is 37.9 Å². The van der Waals surface area contributed by atoms with Crippen LogP contribution in [0.4, 0.5) is 0 Å². The topological polar surface area (TPSA) is 72.7 Å². The van der Waals surface area contributed by atoms with Gasteiger partial charge in [-0.1, -0.05) is 41.1 Å². The normalized spacial score (nSPS) is 15.4. The molecule has 0 bridgehead atoms. The third kappa shape index (κ3) is 4.94. The first-order chi connectivity index (χ1) is 12.6. The summed E-state index contributed by atoms with van der Waals surface area (Å²) >= 11 is 1.37. The van der Waals surface area contributed by atoms with E-state index >= 15 is 0 Å². The van der Waals surface area contributed by atoms with Gasteiger partial charge in [0, 0.05) is 6.54 Å². The summed E-state index contributed by atoms with van der Waals surface area (Å²) in [6, 6.07) is 7.97. The third-order valence-corrected chi connectivity index (χ3v) is 5.53. The van der Waals surface area contributed by atoms with Gasteiger partial charge in [0.2, 0.25) is 11.1 Å². The molecule has 1 N–H and O–H groups in total. The average molecular weight is 372 g/mol. The molecule has 1 heterocycles. The van der Waals surface area contributed by atoms with Crippen LogP contribution in [0.5, 0.6) is 0 Å². The molecule has 138 valence electrons. The van der Waals surface area contributed by atoms with E-state index in [2.05, 4.69) is 26.9 Å². The van der Waals surface area contributed by atoms with Gasteiger partial charge in [0.05, 0.1) is 10.9 Å². The Hall–Kier alpha value is -2.15. The van der Waals surface area contributed by atoms with Gasteiger partial charge in [-0.3, -0.25) is 4.79 Å². The lowest BCUT2D eigenvalue weighted by Gasteiger charge is -2.14. The van der Waals surface area contributed by atoms with Crippen LogP contribution in [0.25, 0.3) is 5.69 Å². The minimum absolute atomic E-state index is 0.0184. The van der Waals surface area contributed by atoms with Crippen molar-refractivity contribution in [3.63, 3.8) is 0 Å². The maximum Gasteiger partial charge on any atom is 0.233 e. The number of hydrogen-bond acceptors (Lipinski definition) is 5. The molecule has 1 aliphatic carbocycles. The van der Waals surface area contributed by atoms with Crippen molar-refractivity contribution >= 4 is 17.7 Å². The van der Waals surface area contributed by atoms with Crippen LogP contribution in [-0.2, 0) is 4.79 Å². The zero-order valence-electron chi connectivity index (χ0n) is 15.3. The van der Waals surface area contributed by atoms with Crippen LogP contribution >= 0.6 is 11.8 Å². The number of aromatic nitrogens is 4. The van der Waals surface area contributed by atoms with Crippen LogP contribution in [0.3, 0.4) is 0 Å². The van der Waals surface area contributed by atoms with Crippen LogP contribution in [0.15, 0.2) is 41.1 Å². The lowest BCUT2D eigenvalue weighted by Crippen LogP contribution is -2.32. The molecule has 1 aromatic heterocycles. The number of amides is 1. The van der Waals surface area contributed by atoms with Crippen molar-refractivity contribution < 1.29 is 4.79 Å². The summed E-state index contributed by atoms with van der Waals surface area (Å²) in [6.07, 6.45) is 8.18. The molecule has 6 nitrogen and oxygen atoms in total. The van der Waals surface area contributed by atoms with Crippen molar-refractivity contribution in [2.75, 3.05) is 6.54 Å². The standard InChI is InChI=1S/C19H25N5OS/c1-14-8-10-17(11-9-14)24-19(21-22-23-24)26-15(2)18(25)20-13-12-16-6-4-3-5-7-16/h6,8-11,15H,3-5,7,12-13H2,1-2H3,(H,20,25)/t15-/m0/s1. The molecule has 0 radical (unpaired) electrons. The van der Waals surface area contributed by atoms with Gasteiger partial charge in [-0.15, -0.1) is 5.10 Å². The van der Waals surface area contributed by atoms with Gasteiger partial charge in [-0.25, -0.2) is 0 Å². The highest BCUT2D eigenvalue weighted by Gasteiger charge is 2.19. The number of aryl methyl sites for hydroxylation is 1. The quantitative estimate of drug-likeness (QED) is 0.596. The molecule has 3 rings (SSSR count). The molecular weight excluding hydrogens is 346 g/mol. The van der Waals surface area contributed by atoms with Crippen LogP contribution in [0.1, 0.15) is 44.6 Å². The molecule has 2 aromatic rings. The van der Waals surface area contributed by atoms with E-state index in [1.54, 1.807) is 4.68 Å². The maximum absolute atomic E-state index is 12.4. The van der Waals surface area contributed by atoms with Gasteiger partial charge in [0.25, 0.3) is 0 Å². The summed E-state index contributed by atoms with van der Waals surface area (Å²) in [6.45, 7) is 4.61. The number of thioether (sulfide) groups is 1. The molecule has 1 aliphatic rings. The summed E-state index contributed by atoms with van der Waals surface area (Å²) in [5, 5.41) is 15.3. The fraction of sp³-hybridized carbons (Fsp3) is 0.474. The van der Waals surface area contributed by atoms with Gasteiger partial charge in [-0.2, -0.15) is 4.68 Å². The van der Waals surface area contributed by atoms with Gasteiger partial charge in [0.1, 0.15) is 0 Å². The Morgan fingerprint density at radius 2 is 2.12 bits per heavy atom. The number of carbonyl (C=O) groups excluding carboxylic acids is 1. The zero-order chi connectivity index (χ0) is 18.4. The highest BCUT2D eigenvalue weighted by molar-refractivity contribution is 8.00. The van der Waals surface area contributed by atoms with Gasteiger partial charge < -0.3 is 5.32 Å². The van der Waals surface area contributed by atoms with E-state index in [1.807, 2.05) is 38.1 Å². The average Bonchev–Trinajstić information content (AvgIpc) is 3.11. The predicted octanol–water partition coefficient (Wildman–Crippen LogP) is 3.46. The van der Waals surface area contributed by atoms with E-state index in [1.165, 1.54) is 48.6 Å². The van der Waals surface area contributed by atoms with E-state index in [0.717, 1.165) is 12.1 Å². The molecular formula is C19H25N5OS. The van der Waals surface area contributed by atoms with Crippen LogP contribution in [0, 0.1) is 6.92 Å². The molecule has 1 amide bonds. The number of nitrogens with one attached hydrogen (secondary N) is 1. The van der Waals surface area contributed by atoms with E-state index < -0.39 is 0 Å². The lowest BCUT2D eigenvalue weighted by molar-refractivity contribution is -0.120. The molecule has 0 aliphatic heterocycles. The van der Waals surface area contributed by atoms with Crippen LogP contribution < -0.4 is 5.32 Å². The first-order valence-corrected chi connectivity index (χ1v) is 9.99. The summed E-state index contributed by atoms with van der Waals surface area (Å²) in [5.74, 6) is 0.0184. The maximum atomic E-state index is 12.4. The molecule has 0 unspecified atom stereocenters. The number of carbonyl (C=O) groups is 1. The molecule has 7 heteroatoms. The van der Waals surface area contributed by atoms with Crippen molar-refractivity contribution in [1.82, 2.24) is 25.5 Å². The van der Waals surface area contributed by atoms with E-state index in [-0.39, 0.29) is 11.2 Å². The number of nitrogens with zero attached hydrogens (tertiary/aromatic N) is 4. The van der Waals surface area contributed by atoms with Gasteiger partial charge in [-0.05, 0) is 68.5 Å². The van der Waals surface area contributed by atoms with E-state index in [0.29, 0.717) is 11.7 Å². The molecule has 26 heavy (non-hydrogen) atoms. The summed E-state index contributed by atoms with van der Waals surface area (Å²) in [5.41, 5.74) is 3.54. The number of tetrazole rings is 1. The zero-order valence-corrected chi connectivity index (χ0v) is 16.1. The first kappa shape index (κ1) is 18.6. The first-order valence-electron chi connectivity index (χ1n) is 9.11. The molecule has 1 aromatic carbocycles. The Balaban J connectivity index is 1.53. The Bertz CT molecular complexity index is 768. The largest absolute Gasteiger partial charge is 0.355 e. The number of hydrogen-bond donors (Lipinski definition) is 1. The van der Waals surface area contributed by atoms with Crippen molar-refractivity contribution in [2.45, 2.75) is 56.4 Å². The molecule has 1 atom stereocenters. The third-order valence-electron chi connectivity index (χ3n) is 4.50. The monoisotopic (exact) mass is 371 g/mol. The second-order valence-corrected chi connectivity index (χ2v) is 7.93. The summed E-state index contributed by atoms with van der Waals surface area (Å²) < 4.78 is 1.67. The molecule has 0 saturated carbocycles. The second kappa shape index (κ2) is 8.98.